The van der Waals surface area contributed by atoms with E-state index in [9.17, 15) is 4.79 Å². The molecule has 5 rings (SSSR count). The molecule has 154 valence electrons. The number of likely N-dealkylation sites (N-methyl/N-ethyl adjacent to an activating group) is 1. The molecule has 1 fully saturated rings. The minimum absolute atomic E-state index is 0.491. The molecule has 0 bridgehead atoms. The smallest absolute Gasteiger partial charge is 0.394 e. The Morgan fingerprint density at radius 2 is 1.70 bits per heavy atom. The number of aromatic amines is 2. The van der Waals surface area contributed by atoms with Crippen molar-refractivity contribution >= 4 is 28.0 Å². The van der Waals surface area contributed by atoms with E-state index in [2.05, 4.69) is 21.9 Å². The van der Waals surface area contributed by atoms with Crippen LogP contribution < -0.4 is 9.47 Å². The SMILES string of the molecule is Cc1c[nH]c2cccc(OC(=O)Oc3cccc4[nH]cc(CC5CCCN5C)c34)c12. The van der Waals surface area contributed by atoms with Gasteiger partial charge in [-0.05, 0) is 75.2 Å². The second kappa shape index (κ2) is 7.54. The summed E-state index contributed by atoms with van der Waals surface area (Å²) in [7, 11) is 2.17. The van der Waals surface area contributed by atoms with Gasteiger partial charge in [0.05, 0.1) is 0 Å². The van der Waals surface area contributed by atoms with Crippen molar-refractivity contribution < 1.29 is 14.3 Å². The summed E-state index contributed by atoms with van der Waals surface area (Å²) in [5.41, 5.74) is 4.06. The number of nitrogens with one attached hydrogen (secondary N) is 2. The molecule has 2 aromatic heterocycles. The zero-order chi connectivity index (χ0) is 20.7. The van der Waals surface area contributed by atoms with Gasteiger partial charge >= 0.3 is 6.16 Å². The van der Waals surface area contributed by atoms with Gasteiger partial charge in [-0.2, -0.15) is 0 Å². The van der Waals surface area contributed by atoms with Crippen LogP contribution in [0.4, 0.5) is 4.79 Å². The molecule has 0 amide bonds. The molecule has 1 atom stereocenters. The molecule has 6 nitrogen and oxygen atoms in total. The zero-order valence-electron chi connectivity index (χ0n) is 17.2. The van der Waals surface area contributed by atoms with Crippen molar-refractivity contribution in [3.8, 4) is 11.5 Å². The third kappa shape index (κ3) is 3.33. The predicted molar refractivity (Wildman–Crippen MR) is 117 cm³/mol. The summed E-state index contributed by atoms with van der Waals surface area (Å²) in [6.45, 7) is 3.11. The molecule has 1 unspecified atom stereocenters. The number of hydrogen-bond donors (Lipinski definition) is 2. The van der Waals surface area contributed by atoms with Gasteiger partial charge in [0, 0.05) is 40.2 Å². The number of nitrogens with zero attached hydrogens (tertiary/aromatic N) is 1. The fourth-order valence-electron chi connectivity index (χ4n) is 4.56. The van der Waals surface area contributed by atoms with Gasteiger partial charge in [0.1, 0.15) is 11.5 Å². The minimum Gasteiger partial charge on any atom is -0.394 e. The Morgan fingerprint density at radius 1 is 1.03 bits per heavy atom. The molecule has 0 aliphatic carbocycles. The van der Waals surface area contributed by atoms with Crippen molar-refractivity contribution in [1.29, 1.82) is 0 Å². The van der Waals surface area contributed by atoms with E-state index in [0.29, 0.717) is 17.5 Å². The van der Waals surface area contributed by atoms with Gasteiger partial charge in [0.2, 0.25) is 0 Å². The third-order valence-electron chi connectivity index (χ3n) is 6.13. The monoisotopic (exact) mass is 403 g/mol. The van der Waals surface area contributed by atoms with Crippen LogP contribution in [0, 0.1) is 6.92 Å². The molecule has 3 heterocycles. The van der Waals surface area contributed by atoms with Crippen molar-refractivity contribution in [3.05, 3.63) is 59.9 Å². The highest BCUT2D eigenvalue weighted by Gasteiger charge is 2.23. The Hall–Kier alpha value is -3.25. The van der Waals surface area contributed by atoms with Gasteiger partial charge < -0.3 is 24.3 Å². The fraction of sp³-hybridized carbons (Fsp3) is 0.292. The predicted octanol–water partition coefficient (Wildman–Crippen LogP) is 5.17. The summed E-state index contributed by atoms with van der Waals surface area (Å²) in [6, 6.07) is 11.8. The van der Waals surface area contributed by atoms with E-state index in [1.165, 1.54) is 12.8 Å². The number of carbonyl (C=O) groups excluding carboxylic acids is 1. The molecule has 1 aliphatic rings. The lowest BCUT2D eigenvalue weighted by molar-refractivity contribution is 0.153. The maximum absolute atomic E-state index is 12.7. The molecule has 6 heteroatoms. The fourth-order valence-corrected chi connectivity index (χ4v) is 4.56. The zero-order valence-corrected chi connectivity index (χ0v) is 17.2. The summed E-state index contributed by atoms with van der Waals surface area (Å²) in [4.78, 5) is 21.5. The first-order valence-corrected chi connectivity index (χ1v) is 10.4. The van der Waals surface area contributed by atoms with Crippen LogP contribution >= 0.6 is 0 Å². The lowest BCUT2D eigenvalue weighted by Gasteiger charge is -2.19. The number of benzene rings is 2. The second-order valence-corrected chi connectivity index (χ2v) is 8.08. The van der Waals surface area contributed by atoms with Crippen molar-refractivity contribution in [1.82, 2.24) is 14.9 Å². The van der Waals surface area contributed by atoms with Crippen LogP contribution in [0.5, 0.6) is 11.5 Å². The first kappa shape index (κ1) is 18.8. The number of H-pyrrole nitrogens is 2. The standard InChI is InChI=1S/C24H25N3O3/c1-15-13-25-18-7-3-9-20(22(15)18)29-24(28)30-21-10-4-8-19-23(21)16(14-26-19)12-17-6-5-11-27(17)2/h3-4,7-10,13-14,17,25-26H,5-6,11-12H2,1-2H3. The topological polar surface area (TPSA) is 70.4 Å². The summed E-state index contributed by atoms with van der Waals surface area (Å²) < 4.78 is 11.3. The first-order valence-electron chi connectivity index (χ1n) is 10.4. The highest BCUT2D eigenvalue weighted by molar-refractivity contribution is 5.93. The number of fused-ring (bicyclic) bond motifs is 2. The molecular weight excluding hydrogens is 378 g/mol. The molecule has 1 aliphatic heterocycles. The Bertz CT molecular complexity index is 1220. The van der Waals surface area contributed by atoms with E-state index in [-0.39, 0.29) is 0 Å². The maximum atomic E-state index is 12.7. The van der Waals surface area contributed by atoms with Gasteiger partial charge in [-0.1, -0.05) is 12.1 Å². The molecule has 0 spiro atoms. The normalized spacial score (nSPS) is 17.1. The number of ether oxygens (including phenoxy) is 2. The van der Waals surface area contributed by atoms with Crippen molar-refractivity contribution in [3.63, 3.8) is 0 Å². The number of rotatable bonds is 4. The highest BCUT2D eigenvalue weighted by Crippen LogP contribution is 2.33. The van der Waals surface area contributed by atoms with Gasteiger partial charge in [-0.3, -0.25) is 0 Å². The van der Waals surface area contributed by atoms with Crippen LogP contribution in [0.1, 0.15) is 24.0 Å². The van der Waals surface area contributed by atoms with Gasteiger partial charge in [-0.25, -0.2) is 4.79 Å². The van der Waals surface area contributed by atoms with Crippen LogP contribution in [0.2, 0.25) is 0 Å². The average Bonchev–Trinajstić information content (AvgIpc) is 3.43. The van der Waals surface area contributed by atoms with Crippen molar-refractivity contribution in [2.75, 3.05) is 13.6 Å². The molecule has 0 radical (unpaired) electrons. The number of aromatic nitrogens is 2. The summed E-state index contributed by atoms with van der Waals surface area (Å²) in [6.07, 6.45) is 6.53. The molecule has 4 aromatic rings. The summed E-state index contributed by atoms with van der Waals surface area (Å²) >= 11 is 0. The lowest BCUT2D eigenvalue weighted by Crippen LogP contribution is -2.26. The largest absolute Gasteiger partial charge is 0.519 e. The summed E-state index contributed by atoms with van der Waals surface area (Å²) in [5, 5.41) is 1.84. The third-order valence-corrected chi connectivity index (χ3v) is 6.13. The van der Waals surface area contributed by atoms with E-state index >= 15 is 0 Å². The maximum Gasteiger partial charge on any atom is 0.519 e. The number of carbonyl (C=O) groups is 1. The molecule has 30 heavy (non-hydrogen) atoms. The van der Waals surface area contributed by atoms with Gasteiger partial charge in [0.25, 0.3) is 0 Å². The Balaban J connectivity index is 1.41. The lowest BCUT2D eigenvalue weighted by atomic mass is 10.0. The molecular formula is C24H25N3O3. The van der Waals surface area contributed by atoms with Crippen molar-refractivity contribution in [2.45, 2.75) is 32.2 Å². The van der Waals surface area contributed by atoms with E-state index in [4.69, 9.17) is 9.47 Å². The first-order chi connectivity index (χ1) is 14.6. The number of hydrogen-bond acceptors (Lipinski definition) is 4. The summed E-state index contributed by atoms with van der Waals surface area (Å²) in [5.74, 6) is 1.01. The highest BCUT2D eigenvalue weighted by atomic mass is 16.7. The van der Waals surface area contributed by atoms with Crippen molar-refractivity contribution in [2.24, 2.45) is 0 Å². The second-order valence-electron chi connectivity index (χ2n) is 8.08. The van der Waals surface area contributed by atoms with E-state index < -0.39 is 6.16 Å². The van der Waals surface area contributed by atoms with Gasteiger partial charge in [-0.15, -0.1) is 0 Å². The Labute approximate surface area is 174 Å². The molecule has 1 saturated heterocycles. The quantitative estimate of drug-likeness (QED) is 0.364. The van der Waals surface area contributed by atoms with E-state index in [0.717, 1.165) is 45.9 Å². The Morgan fingerprint density at radius 3 is 2.40 bits per heavy atom. The molecule has 2 N–H and O–H groups in total. The van der Waals surface area contributed by atoms with Gasteiger partial charge in [0.15, 0.2) is 0 Å². The van der Waals surface area contributed by atoms with Crippen LogP contribution in [0.25, 0.3) is 21.8 Å². The molecule has 2 aromatic carbocycles. The minimum atomic E-state index is -0.735. The molecule has 0 saturated carbocycles. The van der Waals surface area contributed by atoms with Crippen LogP contribution in [0.15, 0.2) is 48.8 Å². The van der Waals surface area contributed by atoms with E-state index in [1.807, 2.05) is 49.6 Å². The van der Waals surface area contributed by atoms with E-state index in [1.54, 1.807) is 6.07 Å². The van der Waals surface area contributed by atoms with Crippen LogP contribution in [-0.4, -0.2) is 40.7 Å². The number of likely N-dealkylation sites (tertiary alicyclic amines) is 1. The van der Waals surface area contributed by atoms with Crippen LogP contribution in [0.3, 0.4) is 0 Å². The average molecular weight is 403 g/mol. The number of aryl methyl sites for hydroxylation is 1. The Kier molecular flexibility index (Phi) is 4.71. The van der Waals surface area contributed by atoms with Crippen LogP contribution in [-0.2, 0) is 6.42 Å².